The van der Waals surface area contributed by atoms with Gasteiger partial charge in [-0.2, -0.15) is 4.99 Å². The maximum absolute atomic E-state index is 11.2. The van der Waals surface area contributed by atoms with Gasteiger partial charge in [0.25, 0.3) is 5.91 Å². The van der Waals surface area contributed by atoms with Crippen LogP contribution in [0.1, 0.15) is 26.7 Å². The third-order valence-corrected chi connectivity index (χ3v) is 3.23. The highest BCUT2D eigenvalue weighted by Gasteiger charge is 2.31. The summed E-state index contributed by atoms with van der Waals surface area (Å²) in [6.07, 6.45) is 2.16. The Labute approximate surface area is 76.8 Å². The van der Waals surface area contributed by atoms with Crippen molar-refractivity contribution in [2.24, 2.45) is 16.6 Å². The minimum Gasteiger partial charge on any atom is -0.378 e. The molecule has 0 aromatic carbocycles. The van der Waals surface area contributed by atoms with Crippen molar-refractivity contribution in [3.63, 3.8) is 0 Å². The van der Waals surface area contributed by atoms with Crippen LogP contribution in [-0.2, 0) is 4.79 Å². The molecule has 3 nitrogen and oxygen atoms in total. The third kappa shape index (κ3) is 2.00. The minimum atomic E-state index is -0.0570. The van der Waals surface area contributed by atoms with Crippen molar-refractivity contribution in [3.8, 4) is 0 Å². The van der Waals surface area contributed by atoms with E-state index in [4.69, 9.17) is 5.73 Å². The zero-order chi connectivity index (χ0) is 9.14. The van der Waals surface area contributed by atoms with Gasteiger partial charge in [0.1, 0.15) is 0 Å². The maximum Gasteiger partial charge on any atom is 0.261 e. The molecule has 68 valence electrons. The van der Waals surface area contributed by atoms with Gasteiger partial charge in [-0.15, -0.1) is 0 Å². The number of nitrogens with zero attached hydrogens (tertiary/aromatic N) is 1. The summed E-state index contributed by atoms with van der Waals surface area (Å²) in [4.78, 5) is 14.9. The Kier molecular flexibility index (Phi) is 3.14. The second kappa shape index (κ2) is 3.94. The number of carbonyl (C=O) groups excluding carboxylic acids is 1. The van der Waals surface area contributed by atoms with E-state index >= 15 is 0 Å². The van der Waals surface area contributed by atoms with Crippen LogP contribution in [0.3, 0.4) is 0 Å². The van der Waals surface area contributed by atoms with Gasteiger partial charge in [-0.25, -0.2) is 0 Å². The molecule has 1 aliphatic heterocycles. The van der Waals surface area contributed by atoms with E-state index in [0.717, 1.165) is 12.8 Å². The van der Waals surface area contributed by atoms with Gasteiger partial charge in [0.05, 0.1) is 5.25 Å². The summed E-state index contributed by atoms with van der Waals surface area (Å²) in [5, 5.41) is 0.401. The van der Waals surface area contributed by atoms with E-state index in [-0.39, 0.29) is 11.2 Å². The van der Waals surface area contributed by atoms with E-state index in [1.807, 2.05) is 0 Å². The van der Waals surface area contributed by atoms with Gasteiger partial charge in [0.2, 0.25) is 0 Å². The molecule has 1 amide bonds. The van der Waals surface area contributed by atoms with Crippen LogP contribution in [0.2, 0.25) is 0 Å². The molecule has 0 unspecified atom stereocenters. The second-order valence-corrected chi connectivity index (χ2v) is 4.25. The summed E-state index contributed by atoms with van der Waals surface area (Å²) in [7, 11) is 0. The fourth-order valence-electron chi connectivity index (χ4n) is 1.35. The molecule has 1 heterocycles. The number of amides is 1. The average Bonchev–Trinajstić information content (AvgIpc) is 2.30. The van der Waals surface area contributed by atoms with Crippen LogP contribution in [0, 0.1) is 5.92 Å². The van der Waals surface area contributed by atoms with Gasteiger partial charge in [-0.1, -0.05) is 32.0 Å². The molecule has 2 atom stereocenters. The van der Waals surface area contributed by atoms with E-state index in [2.05, 4.69) is 18.8 Å². The highest BCUT2D eigenvalue weighted by molar-refractivity contribution is 8.15. The molecule has 1 rings (SSSR count). The number of hydrogen-bond donors (Lipinski definition) is 1. The first kappa shape index (κ1) is 9.58. The first-order valence-corrected chi connectivity index (χ1v) is 5.07. The lowest BCUT2D eigenvalue weighted by Crippen LogP contribution is -2.20. The van der Waals surface area contributed by atoms with Crippen molar-refractivity contribution in [2.45, 2.75) is 31.9 Å². The van der Waals surface area contributed by atoms with Crippen molar-refractivity contribution < 1.29 is 4.79 Å². The van der Waals surface area contributed by atoms with E-state index < -0.39 is 0 Å². The predicted octanol–water partition coefficient (Wildman–Crippen LogP) is 1.38. The molecule has 0 bridgehead atoms. The van der Waals surface area contributed by atoms with Gasteiger partial charge < -0.3 is 5.73 Å². The number of thioether (sulfide) groups is 1. The summed E-state index contributed by atoms with van der Waals surface area (Å²) in [6.45, 7) is 4.19. The first-order valence-electron chi connectivity index (χ1n) is 4.19. The second-order valence-electron chi connectivity index (χ2n) is 3.09. The fourth-order valence-corrected chi connectivity index (χ4v) is 2.27. The molecule has 0 spiro atoms. The summed E-state index contributed by atoms with van der Waals surface area (Å²) in [5.41, 5.74) is 5.44. The maximum atomic E-state index is 11.2. The van der Waals surface area contributed by atoms with Crippen LogP contribution in [0.15, 0.2) is 4.99 Å². The molecule has 0 aromatic heterocycles. The van der Waals surface area contributed by atoms with Gasteiger partial charge in [0.15, 0.2) is 5.17 Å². The SMILES string of the molecule is CCC[C@H](C)[C@H]1SC(N)=NC1=O. The lowest BCUT2D eigenvalue weighted by molar-refractivity contribution is -0.117. The normalized spacial score (nSPS) is 25.7. The summed E-state index contributed by atoms with van der Waals surface area (Å²) < 4.78 is 0. The van der Waals surface area contributed by atoms with Crippen molar-refractivity contribution in [1.82, 2.24) is 0 Å². The monoisotopic (exact) mass is 186 g/mol. The zero-order valence-corrected chi connectivity index (χ0v) is 8.23. The summed E-state index contributed by atoms with van der Waals surface area (Å²) in [6, 6.07) is 0. The topological polar surface area (TPSA) is 55.4 Å². The molecule has 2 N–H and O–H groups in total. The van der Waals surface area contributed by atoms with Crippen molar-refractivity contribution in [3.05, 3.63) is 0 Å². The van der Waals surface area contributed by atoms with Crippen LogP contribution >= 0.6 is 11.8 Å². The molecule has 12 heavy (non-hydrogen) atoms. The summed E-state index contributed by atoms with van der Waals surface area (Å²) >= 11 is 1.40. The smallest absolute Gasteiger partial charge is 0.261 e. The van der Waals surface area contributed by atoms with E-state index in [0.29, 0.717) is 11.1 Å². The predicted molar refractivity (Wildman–Crippen MR) is 52.1 cm³/mol. The number of hydrogen-bond acceptors (Lipinski definition) is 3. The van der Waals surface area contributed by atoms with Gasteiger partial charge in [-0.3, -0.25) is 4.79 Å². The lowest BCUT2D eigenvalue weighted by atomic mass is 10.0. The molecular formula is C8H14N2OS. The minimum absolute atomic E-state index is 0.0232. The largest absolute Gasteiger partial charge is 0.378 e. The van der Waals surface area contributed by atoms with Crippen LogP contribution in [0.5, 0.6) is 0 Å². The Morgan fingerprint density at radius 2 is 2.42 bits per heavy atom. The number of rotatable bonds is 3. The third-order valence-electron chi connectivity index (χ3n) is 1.97. The van der Waals surface area contributed by atoms with E-state index in [9.17, 15) is 4.79 Å². The van der Waals surface area contributed by atoms with Crippen molar-refractivity contribution in [1.29, 1.82) is 0 Å². The van der Waals surface area contributed by atoms with Crippen molar-refractivity contribution in [2.75, 3.05) is 0 Å². The standard InChI is InChI=1S/C8H14N2OS/c1-3-4-5(2)6-7(11)10-8(9)12-6/h5-6H,3-4H2,1-2H3,(H2,9,10,11)/t5-,6+/m0/s1. The Morgan fingerprint density at radius 3 is 2.83 bits per heavy atom. The highest BCUT2D eigenvalue weighted by Crippen LogP contribution is 2.28. The molecule has 4 heteroatoms. The van der Waals surface area contributed by atoms with Crippen LogP contribution < -0.4 is 5.73 Å². The Balaban J connectivity index is 2.51. The van der Waals surface area contributed by atoms with Crippen LogP contribution in [0.4, 0.5) is 0 Å². The number of nitrogens with two attached hydrogens (primary N) is 1. The quantitative estimate of drug-likeness (QED) is 0.724. The summed E-state index contributed by atoms with van der Waals surface area (Å²) in [5.74, 6) is 0.329. The number of carbonyl (C=O) groups is 1. The number of amidine groups is 1. The lowest BCUT2D eigenvalue weighted by Gasteiger charge is -2.14. The number of aliphatic imine (C=N–C) groups is 1. The molecule has 0 aliphatic carbocycles. The van der Waals surface area contributed by atoms with Crippen molar-refractivity contribution >= 4 is 22.8 Å². The highest BCUT2D eigenvalue weighted by atomic mass is 32.2. The zero-order valence-electron chi connectivity index (χ0n) is 7.41. The van der Waals surface area contributed by atoms with E-state index in [1.54, 1.807) is 0 Å². The van der Waals surface area contributed by atoms with Crippen LogP contribution in [0.25, 0.3) is 0 Å². The van der Waals surface area contributed by atoms with Gasteiger partial charge >= 0.3 is 0 Å². The van der Waals surface area contributed by atoms with Crippen LogP contribution in [-0.4, -0.2) is 16.3 Å². The molecule has 1 aliphatic rings. The molecule has 0 radical (unpaired) electrons. The first-order chi connectivity index (χ1) is 5.65. The van der Waals surface area contributed by atoms with Gasteiger partial charge in [-0.05, 0) is 12.3 Å². The molecule has 0 saturated carbocycles. The van der Waals surface area contributed by atoms with Gasteiger partial charge in [0, 0.05) is 0 Å². The van der Waals surface area contributed by atoms with E-state index in [1.165, 1.54) is 11.8 Å². The average molecular weight is 186 g/mol. The molecule has 0 aromatic rings. The molecular weight excluding hydrogens is 172 g/mol. The molecule has 0 fully saturated rings. The Hall–Kier alpha value is -0.510. The Bertz CT molecular complexity index is 215. The molecule has 0 saturated heterocycles. The Morgan fingerprint density at radius 1 is 1.75 bits per heavy atom. The fraction of sp³-hybridized carbons (Fsp3) is 0.750.